The van der Waals surface area contributed by atoms with Crippen molar-refractivity contribution in [2.24, 2.45) is 5.10 Å². The van der Waals surface area contributed by atoms with Gasteiger partial charge in [0.05, 0.1) is 16.3 Å². The molecule has 0 aromatic heterocycles. The van der Waals surface area contributed by atoms with Crippen molar-refractivity contribution in [1.29, 1.82) is 0 Å². The SMILES string of the molecule is Cc1ccc(COc2ccc(C(=O)N/N=C\c3c(Cl)cccc3Cl)cc2)cc1. The molecule has 1 amide bonds. The monoisotopic (exact) mass is 412 g/mol. The van der Waals surface area contributed by atoms with Crippen LogP contribution in [0.3, 0.4) is 0 Å². The smallest absolute Gasteiger partial charge is 0.271 e. The zero-order valence-electron chi connectivity index (χ0n) is 15.2. The van der Waals surface area contributed by atoms with Crippen LogP contribution in [0.2, 0.25) is 10.0 Å². The van der Waals surface area contributed by atoms with Crippen LogP contribution < -0.4 is 10.2 Å². The lowest BCUT2D eigenvalue weighted by molar-refractivity contribution is 0.0955. The minimum absolute atomic E-state index is 0.343. The predicted molar refractivity (Wildman–Crippen MR) is 113 cm³/mol. The van der Waals surface area contributed by atoms with E-state index in [1.54, 1.807) is 42.5 Å². The Labute approximate surface area is 173 Å². The molecule has 6 heteroatoms. The summed E-state index contributed by atoms with van der Waals surface area (Å²) < 4.78 is 5.74. The lowest BCUT2D eigenvalue weighted by atomic mass is 10.2. The number of carbonyl (C=O) groups is 1. The molecule has 0 fully saturated rings. The van der Waals surface area contributed by atoms with Gasteiger partial charge in [0.25, 0.3) is 5.91 Å². The first-order valence-corrected chi connectivity index (χ1v) is 9.34. The fourth-order valence-corrected chi connectivity index (χ4v) is 2.90. The highest BCUT2D eigenvalue weighted by Gasteiger charge is 2.06. The van der Waals surface area contributed by atoms with Gasteiger partial charge in [0.15, 0.2) is 0 Å². The summed E-state index contributed by atoms with van der Waals surface area (Å²) >= 11 is 12.1. The van der Waals surface area contributed by atoms with E-state index in [-0.39, 0.29) is 5.91 Å². The summed E-state index contributed by atoms with van der Waals surface area (Å²) in [6, 6.07) is 20.1. The molecule has 3 aromatic carbocycles. The van der Waals surface area contributed by atoms with Crippen molar-refractivity contribution in [2.45, 2.75) is 13.5 Å². The van der Waals surface area contributed by atoms with Crippen LogP contribution in [0.25, 0.3) is 0 Å². The largest absolute Gasteiger partial charge is 0.489 e. The third kappa shape index (κ3) is 5.35. The van der Waals surface area contributed by atoms with Crippen LogP contribution in [0.5, 0.6) is 5.75 Å². The number of carbonyl (C=O) groups excluding carboxylic acids is 1. The predicted octanol–water partition coefficient (Wildman–Crippen LogP) is 5.64. The fourth-order valence-electron chi connectivity index (χ4n) is 2.41. The van der Waals surface area contributed by atoms with E-state index in [0.717, 1.165) is 5.56 Å². The molecule has 4 nitrogen and oxygen atoms in total. The standard InChI is InChI=1S/C22H18Cl2N2O2/c1-15-5-7-16(8-6-15)14-28-18-11-9-17(10-12-18)22(27)26-25-13-19-20(23)3-2-4-21(19)24/h2-13H,14H2,1H3,(H,26,27)/b25-13-. The second kappa shape index (κ2) is 9.40. The van der Waals surface area contributed by atoms with Gasteiger partial charge >= 0.3 is 0 Å². The maximum absolute atomic E-state index is 12.2. The maximum atomic E-state index is 12.2. The Bertz CT molecular complexity index is 964. The van der Waals surface area contributed by atoms with Crippen LogP contribution in [-0.2, 0) is 6.61 Å². The second-order valence-corrected chi connectivity index (χ2v) is 6.95. The molecule has 0 spiro atoms. The summed E-state index contributed by atoms with van der Waals surface area (Å²) in [7, 11) is 0. The Balaban J connectivity index is 1.56. The molecule has 0 bridgehead atoms. The first-order valence-electron chi connectivity index (χ1n) is 8.59. The highest BCUT2D eigenvalue weighted by atomic mass is 35.5. The van der Waals surface area contributed by atoms with Crippen LogP contribution in [-0.4, -0.2) is 12.1 Å². The molecule has 0 radical (unpaired) electrons. The number of hydrogen-bond donors (Lipinski definition) is 1. The number of benzene rings is 3. The quantitative estimate of drug-likeness (QED) is 0.420. The highest BCUT2D eigenvalue weighted by Crippen LogP contribution is 2.22. The molecule has 0 saturated heterocycles. The van der Waals surface area contributed by atoms with Crippen LogP contribution >= 0.6 is 23.2 Å². The topological polar surface area (TPSA) is 50.7 Å². The average molecular weight is 413 g/mol. The lowest BCUT2D eigenvalue weighted by Gasteiger charge is -2.07. The van der Waals surface area contributed by atoms with Gasteiger partial charge in [0.2, 0.25) is 0 Å². The van der Waals surface area contributed by atoms with Crippen molar-refractivity contribution >= 4 is 35.3 Å². The third-order valence-electron chi connectivity index (χ3n) is 4.00. The van der Waals surface area contributed by atoms with E-state index < -0.39 is 0 Å². The number of aryl methyl sites for hydroxylation is 1. The first-order chi connectivity index (χ1) is 13.5. The first kappa shape index (κ1) is 19.9. The zero-order chi connectivity index (χ0) is 19.9. The molecule has 28 heavy (non-hydrogen) atoms. The van der Waals surface area contributed by atoms with Crippen molar-refractivity contribution in [1.82, 2.24) is 5.43 Å². The molecule has 0 heterocycles. The Morgan fingerprint density at radius 3 is 2.29 bits per heavy atom. The zero-order valence-corrected chi connectivity index (χ0v) is 16.7. The van der Waals surface area contributed by atoms with Gasteiger partial charge in [-0.3, -0.25) is 4.79 Å². The molecule has 0 aliphatic heterocycles. The van der Waals surface area contributed by atoms with E-state index in [9.17, 15) is 4.79 Å². The highest BCUT2D eigenvalue weighted by molar-refractivity contribution is 6.38. The van der Waals surface area contributed by atoms with E-state index >= 15 is 0 Å². The molecule has 1 N–H and O–H groups in total. The molecular weight excluding hydrogens is 395 g/mol. The number of hydrazone groups is 1. The Morgan fingerprint density at radius 2 is 1.64 bits per heavy atom. The summed E-state index contributed by atoms with van der Waals surface area (Å²) in [6.07, 6.45) is 1.42. The van der Waals surface area contributed by atoms with Gasteiger partial charge in [-0.05, 0) is 48.9 Å². The summed E-state index contributed by atoms with van der Waals surface area (Å²) in [4.78, 5) is 12.2. The van der Waals surface area contributed by atoms with Crippen molar-refractivity contribution < 1.29 is 9.53 Å². The van der Waals surface area contributed by atoms with E-state index in [2.05, 4.69) is 10.5 Å². The van der Waals surface area contributed by atoms with Gasteiger partial charge in [0, 0.05) is 11.1 Å². The van der Waals surface area contributed by atoms with Crippen LogP contribution in [0.4, 0.5) is 0 Å². The number of ether oxygens (including phenoxy) is 1. The van der Waals surface area contributed by atoms with Gasteiger partial charge in [-0.15, -0.1) is 0 Å². The maximum Gasteiger partial charge on any atom is 0.271 e. The van der Waals surface area contributed by atoms with Gasteiger partial charge in [-0.2, -0.15) is 5.10 Å². The van der Waals surface area contributed by atoms with Crippen LogP contribution in [0.15, 0.2) is 71.8 Å². The van der Waals surface area contributed by atoms with Crippen LogP contribution in [0.1, 0.15) is 27.0 Å². The summed E-state index contributed by atoms with van der Waals surface area (Å²) in [5.74, 6) is 0.341. The molecule has 3 aromatic rings. The van der Waals surface area contributed by atoms with Crippen molar-refractivity contribution in [3.05, 3.63) is 99.0 Å². The normalized spacial score (nSPS) is 10.8. The molecule has 3 rings (SSSR count). The fraction of sp³-hybridized carbons (Fsp3) is 0.0909. The number of amides is 1. The van der Waals surface area contributed by atoms with E-state index in [0.29, 0.717) is 33.5 Å². The molecule has 0 saturated carbocycles. The summed E-state index contributed by atoms with van der Waals surface area (Å²) in [5.41, 5.74) is 5.76. The molecule has 142 valence electrons. The number of hydrogen-bond acceptors (Lipinski definition) is 3. The summed E-state index contributed by atoms with van der Waals surface area (Å²) in [6.45, 7) is 2.51. The van der Waals surface area contributed by atoms with E-state index in [1.165, 1.54) is 11.8 Å². The summed E-state index contributed by atoms with van der Waals surface area (Å²) in [5, 5.41) is 4.84. The minimum atomic E-state index is -0.343. The molecule has 0 aliphatic carbocycles. The lowest BCUT2D eigenvalue weighted by Crippen LogP contribution is -2.17. The Morgan fingerprint density at radius 1 is 1.00 bits per heavy atom. The van der Waals surface area contributed by atoms with Crippen molar-refractivity contribution in [3.8, 4) is 5.75 Å². The third-order valence-corrected chi connectivity index (χ3v) is 4.66. The molecule has 0 unspecified atom stereocenters. The number of nitrogens with one attached hydrogen (secondary N) is 1. The van der Waals surface area contributed by atoms with Crippen LogP contribution in [0, 0.1) is 6.92 Å². The van der Waals surface area contributed by atoms with Crippen molar-refractivity contribution in [3.63, 3.8) is 0 Å². The Hall–Kier alpha value is -2.82. The minimum Gasteiger partial charge on any atom is -0.489 e. The molecule has 0 aliphatic rings. The second-order valence-electron chi connectivity index (χ2n) is 6.13. The van der Waals surface area contributed by atoms with Gasteiger partial charge in [-0.1, -0.05) is 59.1 Å². The van der Waals surface area contributed by atoms with E-state index in [1.807, 2.05) is 31.2 Å². The number of nitrogens with zero attached hydrogens (tertiary/aromatic N) is 1. The van der Waals surface area contributed by atoms with Gasteiger partial charge in [-0.25, -0.2) is 5.43 Å². The molecule has 0 atom stereocenters. The average Bonchev–Trinajstić information content (AvgIpc) is 2.70. The number of halogens is 2. The van der Waals surface area contributed by atoms with Gasteiger partial charge in [0.1, 0.15) is 12.4 Å². The van der Waals surface area contributed by atoms with E-state index in [4.69, 9.17) is 27.9 Å². The van der Waals surface area contributed by atoms with Crippen molar-refractivity contribution in [2.75, 3.05) is 0 Å². The Kier molecular flexibility index (Phi) is 6.69. The number of rotatable bonds is 6. The van der Waals surface area contributed by atoms with Gasteiger partial charge < -0.3 is 4.74 Å². The molecular formula is C22H18Cl2N2O2.